The molecule has 0 saturated heterocycles. The van der Waals surface area contributed by atoms with Crippen molar-refractivity contribution in [2.45, 2.75) is 23.8 Å². The van der Waals surface area contributed by atoms with Gasteiger partial charge in [0, 0.05) is 11.9 Å². The second kappa shape index (κ2) is 4.30. The van der Waals surface area contributed by atoms with Crippen molar-refractivity contribution in [1.29, 1.82) is 0 Å². The van der Waals surface area contributed by atoms with E-state index in [1.807, 2.05) is 6.92 Å². The molecule has 1 atom stereocenters. The van der Waals surface area contributed by atoms with E-state index in [0.29, 0.717) is 10.4 Å². The first kappa shape index (κ1) is 8.48. The monoisotopic (exact) mass is 174 g/mol. The van der Waals surface area contributed by atoms with Crippen LogP contribution in [0.4, 0.5) is 0 Å². The summed E-state index contributed by atoms with van der Waals surface area (Å²) in [7, 11) is 0. The molecule has 1 unspecified atom stereocenters. The zero-order valence-electron chi connectivity index (χ0n) is 6.19. The summed E-state index contributed by atoms with van der Waals surface area (Å²) in [5.74, 6) is 0. The molecular weight excluding hydrogens is 164 g/mol. The zero-order valence-corrected chi connectivity index (χ0v) is 7.01. The first-order chi connectivity index (χ1) is 5.33. The molecule has 0 aromatic carbocycles. The van der Waals surface area contributed by atoms with E-state index in [1.54, 1.807) is 0 Å². The first-order valence-electron chi connectivity index (χ1n) is 3.34. The maximum Gasteiger partial charge on any atom is 0.231 e. The topological polar surface area (TPSA) is 74.7 Å². The van der Waals surface area contributed by atoms with Gasteiger partial charge in [0.25, 0.3) is 0 Å². The highest BCUT2D eigenvalue weighted by Gasteiger charge is 2.06. The van der Waals surface area contributed by atoms with Crippen molar-refractivity contribution in [3.8, 4) is 0 Å². The second-order valence-electron chi connectivity index (χ2n) is 2.14. The summed E-state index contributed by atoms with van der Waals surface area (Å²) in [6, 6.07) is 0. The molecule has 0 aliphatic rings. The molecule has 5 nitrogen and oxygen atoms in total. The number of rotatable bonds is 4. The van der Waals surface area contributed by atoms with Crippen LogP contribution in [0.1, 0.15) is 13.3 Å². The van der Waals surface area contributed by atoms with E-state index >= 15 is 0 Å². The molecule has 0 fully saturated rings. The SMILES string of the molecule is CC(CCO)Sc1nn[nH]n1. The molecule has 6 heteroatoms. The number of tetrazole rings is 1. The highest BCUT2D eigenvalue weighted by molar-refractivity contribution is 7.99. The lowest BCUT2D eigenvalue weighted by atomic mass is 10.4. The lowest BCUT2D eigenvalue weighted by molar-refractivity contribution is 0.289. The third-order valence-electron chi connectivity index (χ3n) is 1.17. The molecular formula is C5H10N4OS. The third-order valence-corrected chi connectivity index (χ3v) is 2.19. The standard InChI is InChI=1S/C5H10N4OS/c1-4(2-3-10)11-5-6-8-9-7-5/h4,10H,2-3H2,1H3,(H,6,7,8,9). The van der Waals surface area contributed by atoms with Gasteiger partial charge in [0.15, 0.2) is 0 Å². The molecule has 0 aliphatic carbocycles. The molecule has 0 amide bonds. The van der Waals surface area contributed by atoms with Gasteiger partial charge in [-0.3, -0.25) is 0 Å². The summed E-state index contributed by atoms with van der Waals surface area (Å²) in [6.45, 7) is 2.21. The van der Waals surface area contributed by atoms with Crippen LogP contribution in [0.15, 0.2) is 5.16 Å². The van der Waals surface area contributed by atoms with E-state index in [2.05, 4.69) is 20.6 Å². The van der Waals surface area contributed by atoms with Crippen molar-refractivity contribution in [2.24, 2.45) is 0 Å². The predicted octanol–water partition coefficient (Wildman–Crippen LogP) is 0.0627. The summed E-state index contributed by atoms with van der Waals surface area (Å²) < 4.78 is 0. The van der Waals surface area contributed by atoms with E-state index in [1.165, 1.54) is 11.8 Å². The summed E-state index contributed by atoms with van der Waals surface area (Å²) >= 11 is 1.50. The maximum atomic E-state index is 8.59. The minimum Gasteiger partial charge on any atom is -0.396 e. The number of H-pyrrole nitrogens is 1. The third kappa shape index (κ3) is 2.85. The van der Waals surface area contributed by atoms with Crippen LogP contribution < -0.4 is 0 Å². The van der Waals surface area contributed by atoms with Gasteiger partial charge in [-0.25, -0.2) is 0 Å². The van der Waals surface area contributed by atoms with Crippen molar-refractivity contribution in [1.82, 2.24) is 20.6 Å². The van der Waals surface area contributed by atoms with Crippen LogP contribution >= 0.6 is 11.8 Å². The molecule has 2 N–H and O–H groups in total. The van der Waals surface area contributed by atoms with Crippen molar-refractivity contribution in [3.63, 3.8) is 0 Å². The van der Waals surface area contributed by atoms with E-state index in [4.69, 9.17) is 5.11 Å². The summed E-state index contributed by atoms with van der Waals surface area (Å²) in [4.78, 5) is 0. The zero-order chi connectivity index (χ0) is 8.10. The lowest BCUT2D eigenvalue weighted by Crippen LogP contribution is -1.99. The number of aliphatic hydroxyl groups excluding tert-OH is 1. The average molecular weight is 174 g/mol. The fourth-order valence-electron chi connectivity index (χ4n) is 0.623. The molecule has 1 heterocycles. The van der Waals surface area contributed by atoms with Crippen LogP contribution in [-0.4, -0.2) is 37.6 Å². The van der Waals surface area contributed by atoms with Gasteiger partial charge in [0.05, 0.1) is 0 Å². The molecule has 11 heavy (non-hydrogen) atoms. The minimum atomic E-state index is 0.200. The predicted molar refractivity (Wildman–Crippen MR) is 41.2 cm³/mol. The van der Waals surface area contributed by atoms with Crippen molar-refractivity contribution < 1.29 is 5.11 Å². The van der Waals surface area contributed by atoms with Crippen LogP contribution in [0.2, 0.25) is 0 Å². The Hall–Kier alpha value is -0.620. The molecule has 1 rings (SSSR count). The Labute approximate surface area is 68.6 Å². The van der Waals surface area contributed by atoms with Crippen LogP contribution in [-0.2, 0) is 0 Å². The Morgan fingerprint density at radius 3 is 3.09 bits per heavy atom. The second-order valence-corrected chi connectivity index (χ2v) is 3.54. The number of hydrogen-bond acceptors (Lipinski definition) is 5. The van der Waals surface area contributed by atoms with Crippen molar-refractivity contribution >= 4 is 11.8 Å². The van der Waals surface area contributed by atoms with E-state index < -0.39 is 0 Å². The Morgan fingerprint density at radius 2 is 2.55 bits per heavy atom. The number of thioether (sulfide) groups is 1. The molecule has 0 bridgehead atoms. The molecule has 0 radical (unpaired) electrons. The van der Waals surface area contributed by atoms with Crippen LogP contribution in [0.25, 0.3) is 0 Å². The number of hydrogen-bond donors (Lipinski definition) is 2. The lowest BCUT2D eigenvalue weighted by Gasteiger charge is -2.03. The maximum absolute atomic E-state index is 8.59. The molecule has 0 aliphatic heterocycles. The highest BCUT2D eigenvalue weighted by Crippen LogP contribution is 2.19. The Morgan fingerprint density at radius 1 is 1.73 bits per heavy atom. The van der Waals surface area contributed by atoms with Crippen LogP contribution in [0, 0.1) is 0 Å². The van der Waals surface area contributed by atoms with E-state index in [-0.39, 0.29) is 6.61 Å². The van der Waals surface area contributed by atoms with Gasteiger partial charge in [-0.1, -0.05) is 18.7 Å². The molecule has 62 valence electrons. The molecule has 1 aromatic heterocycles. The Kier molecular flexibility index (Phi) is 3.31. The molecule has 0 saturated carbocycles. The number of nitrogens with one attached hydrogen (secondary N) is 1. The van der Waals surface area contributed by atoms with Gasteiger partial charge in [-0.15, -0.1) is 10.2 Å². The Balaban J connectivity index is 2.31. The van der Waals surface area contributed by atoms with Crippen molar-refractivity contribution in [2.75, 3.05) is 6.61 Å². The highest BCUT2D eigenvalue weighted by atomic mass is 32.2. The fraction of sp³-hybridized carbons (Fsp3) is 0.800. The smallest absolute Gasteiger partial charge is 0.231 e. The molecule has 1 aromatic rings. The number of aromatic amines is 1. The molecule has 0 spiro atoms. The van der Waals surface area contributed by atoms with Gasteiger partial charge < -0.3 is 5.11 Å². The van der Waals surface area contributed by atoms with Gasteiger partial charge in [-0.2, -0.15) is 5.21 Å². The van der Waals surface area contributed by atoms with E-state index in [0.717, 1.165) is 6.42 Å². The number of aliphatic hydroxyl groups is 1. The van der Waals surface area contributed by atoms with Gasteiger partial charge in [-0.05, 0) is 11.6 Å². The average Bonchev–Trinajstić information content (AvgIpc) is 2.40. The normalized spacial score (nSPS) is 13.3. The summed E-state index contributed by atoms with van der Waals surface area (Å²) in [5.41, 5.74) is 0. The number of aromatic nitrogens is 4. The fourth-order valence-corrected chi connectivity index (χ4v) is 1.39. The van der Waals surface area contributed by atoms with Crippen LogP contribution in [0.5, 0.6) is 0 Å². The summed E-state index contributed by atoms with van der Waals surface area (Å²) in [6.07, 6.45) is 0.749. The van der Waals surface area contributed by atoms with Gasteiger partial charge >= 0.3 is 0 Å². The first-order valence-corrected chi connectivity index (χ1v) is 4.22. The Bertz CT molecular complexity index is 190. The van der Waals surface area contributed by atoms with Gasteiger partial charge in [0.1, 0.15) is 0 Å². The summed E-state index contributed by atoms with van der Waals surface area (Å²) in [5, 5.41) is 22.9. The van der Waals surface area contributed by atoms with Gasteiger partial charge in [0.2, 0.25) is 5.16 Å². The minimum absolute atomic E-state index is 0.200. The number of nitrogens with zero attached hydrogens (tertiary/aromatic N) is 3. The van der Waals surface area contributed by atoms with E-state index in [9.17, 15) is 0 Å². The quantitative estimate of drug-likeness (QED) is 0.631. The van der Waals surface area contributed by atoms with Crippen LogP contribution in [0.3, 0.4) is 0 Å². The largest absolute Gasteiger partial charge is 0.396 e. The van der Waals surface area contributed by atoms with Crippen molar-refractivity contribution in [3.05, 3.63) is 0 Å².